The van der Waals surface area contributed by atoms with Crippen LogP contribution in [0.1, 0.15) is 19.4 Å². The van der Waals surface area contributed by atoms with Crippen molar-refractivity contribution in [1.29, 1.82) is 0 Å². The van der Waals surface area contributed by atoms with Crippen LogP contribution in [0.15, 0.2) is 30.5 Å². The molecule has 0 radical (unpaired) electrons. The normalized spacial score (nSPS) is 13.8. The summed E-state index contributed by atoms with van der Waals surface area (Å²) in [7, 11) is 0. The van der Waals surface area contributed by atoms with Crippen molar-refractivity contribution >= 4 is 22.8 Å². The number of carbonyl (C=O) groups is 2. The van der Waals surface area contributed by atoms with Crippen LogP contribution in [0.2, 0.25) is 0 Å². The van der Waals surface area contributed by atoms with Gasteiger partial charge in [0.25, 0.3) is 0 Å². The molecule has 1 aromatic heterocycles. The first-order chi connectivity index (χ1) is 11.4. The third-order valence-electron chi connectivity index (χ3n) is 4.23. The van der Waals surface area contributed by atoms with E-state index in [1.165, 1.54) is 0 Å². The highest BCUT2D eigenvalue weighted by Crippen LogP contribution is 2.19. The number of hydrogen-bond acceptors (Lipinski definition) is 4. The molecule has 1 heterocycles. The van der Waals surface area contributed by atoms with Crippen molar-refractivity contribution in [2.24, 2.45) is 11.8 Å². The molecule has 130 valence electrons. The third kappa shape index (κ3) is 4.12. The van der Waals surface area contributed by atoms with Crippen LogP contribution in [0.3, 0.4) is 0 Å². The van der Waals surface area contributed by atoms with E-state index in [9.17, 15) is 14.7 Å². The fourth-order valence-electron chi connectivity index (χ4n) is 2.75. The van der Waals surface area contributed by atoms with Crippen molar-refractivity contribution in [3.63, 3.8) is 0 Å². The Morgan fingerprint density at radius 3 is 2.58 bits per heavy atom. The quantitative estimate of drug-likeness (QED) is 0.371. The molecule has 2 unspecified atom stereocenters. The number of benzene rings is 1. The van der Waals surface area contributed by atoms with Crippen molar-refractivity contribution in [3.8, 4) is 0 Å². The van der Waals surface area contributed by atoms with E-state index in [0.29, 0.717) is 6.42 Å². The molecule has 1 amide bonds. The Labute approximate surface area is 140 Å². The molecule has 0 aliphatic carbocycles. The number of hydroxylamine groups is 1. The molecule has 2 aromatic rings. The number of H-pyrrole nitrogens is 1. The summed E-state index contributed by atoms with van der Waals surface area (Å²) in [5, 5.41) is 22.2. The van der Waals surface area contributed by atoms with E-state index in [1.54, 1.807) is 5.48 Å². The zero-order chi connectivity index (χ0) is 17.7. The van der Waals surface area contributed by atoms with Crippen molar-refractivity contribution in [2.45, 2.75) is 26.3 Å². The molecule has 1 aromatic carbocycles. The molecule has 0 aliphatic rings. The number of para-hydroxylation sites is 1. The highest BCUT2D eigenvalue weighted by atomic mass is 16.5. The number of aliphatic carboxylic acids is 1. The van der Waals surface area contributed by atoms with Gasteiger partial charge in [-0.05, 0) is 17.5 Å². The van der Waals surface area contributed by atoms with Gasteiger partial charge in [0.1, 0.15) is 6.04 Å². The van der Waals surface area contributed by atoms with Crippen molar-refractivity contribution in [2.75, 3.05) is 6.54 Å². The van der Waals surface area contributed by atoms with Crippen LogP contribution in [-0.4, -0.2) is 39.8 Å². The Bertz CT molecular complexity index is 711. The maximum atomic E-state index is 11.7. The Morgan fingerprint density at radius 1 is 1.25 bits per heavy atom. The van der Waals surface area contributed by atoms with Gasteiger partial charge in [-0.1, -0.05) is 32.0 Å². The maximum Gasteiger partial charge on any atom is 0.321 e. The standard InChI is InChI=1S/C17H23N3O4/c1-10(2)13(16(21)20-24)9-19-15(17(22)23)7-11-8-18-14-6-4-3-5-12(11)14/h3-6,8,10,13,15,18-19,24H,7,9H2,1-2H3,(H,20,21)(H,22,23). The number of amides is 1. The summed E-state index contributed by atoms with van der Waals surface area (Å²) in [6.07, 6.45) is 2.10. The first kappa shape index (κ1) is 18.0. The van der Waals surface area contributed by atoms with Gasteiger partial charge in [-0.25, -0.2) is 5.48 Å². The zero-order valence-electron chi connectivity index (χ0n) is 13.7. The van der Waals surface area contributed by atoms with Gasteiger partial charge in [0.15, 0.2) is 0 Å². The molecule has 2 atom stereocenters. The van der Waals surface area contributed by atoms with Gasteiger partial charge >= 0.3 is 5.97 Å². The van der Waals surface area contributed by atoms with Crippen LogP contribution in [0, 0.1) is 11.8 Å². The summed E-state index contributed by atoms with van der Waals surface area (Å²) in [5.41, 5.74) is 3.49. The van der Waals surface area contributed by atoms with Crippen LogP contribution >= 0.6 is 0 Å². The van der Waals surface area contributed by atoms with E-state index in [0.717, 1.165) is 16.5 Å². The number of fused-ring (bicyclic) bond motifs is 1. The second kappa shape index (κ2) is 7.94. The number of hydrogen-bond donors (Lipinski definition) is 5. The monoisotopic (exact) mass is 333 g/mol. The lowest BCUT2D eigenvalue weighted by atomic mass is 9.94. The molecule has 0 saturated heterocycles. The Balaban J connectivity index is 2.09. The highest BCUT2D eigenvalue weighted by Gasteiger charge is 2.25. The number of carboxylic acids is 1. The average Bonchev–Trinajstić information content (AvgIpc) is 2.96. The summed E-state index contributed by atoms with van der Waals surface area (Å²) < 4.78 is 0. The number of nitrogens with one attached hydrogen (secondary N) is 3. The van der Waals surface area contributed by atoms with Crippen molar-refractivity contribution < 1.29 is 19.9 Å². The van der Waals surface area contributed by atoms with Crippen LogP contribution in [0.25, 0.3) is 10.9 Å². The zero-order valence-corrected chi connectivity index (χ0v) is 13.7. The van der Waals surface area contributed by atoms with Gasteiger partial charge in [0.2, 0.25) is 5.91 Å². The fraction of sp³-hybridized carbons (Fsp3) is 0.412. The smallest absolute Gasteiger partial charge is 0.321 e. The fourth-order valence-corrected chi connectivity index (χ4v) is 2.75. The SMILES string of the molecule is CC(C)C(CNC(Cc1c[nH]c2ccccc12)C(=O)O)C(=O)NO. The van der Waals surface area contributed by atoms with Gasteiger partial charge in [-0.15, -0.1) is 0 Å². The minimum atomic E-state index is -0.979. The summed E-state index contributed by atoms with van der Waals surface area (Å²) in [5.74, 6) is -2.05. The summed E-state index contributed by atoms with van der Waals surface area (Å²) in [4.78, 5) is 26.4. The van der Waals surface area contributed by atoms with Crippen LogP contribution in [0.4, 0.5) is 0 Å². The molecule has 24 heavy (non-hydrogen) atoms. The molecule has 7 heteroatoms. The number of aromatic amines is 1. The Kier molecular flexibility index (Phi) is 5.94. The van der Waals surface area contributed by atoms with Gasteiger partial charge in [-0.2, -0.15) is 0 Å². The third-order valence-corrected chi connectivity index (χ3v) is 4.23. The van der Waals surface area contributed by atoms with Crippen LogP contribution in [-0.2, 0) is 16.0 Å². The topological polar surface area (TPSA) is 114 Å². The van der Waals surface area contributed by atoms with E-state index < -0.39 is 23.8 Å². The number of carbonyl (C=O) groups excluding carboxylic acids is 1. The second-order valence-electron chi connectivity index (χ2n) is 6.19. The molecule has 2 rings (SSSR count). The molecule has 0 saturated carbocycles. The van der Waals surface area contributed by atoms with E-state index in [2.05, 4.69) is 10.3 Å². The van der Waals surface area contributed by atoms with E-state index in [-0.39, 0.29) is 12.5 Å². The first-order valence-electron chi connectivity index (χ1n) is 7.89. The predicted octanol–water partition coefficient (Wildman–Crippen LogP) is 1.53. The summed E-state index contributed by atoms with van der Waals surface area (Å²) in [6, 6.07) is 6.87. The minimum absolute atomic E-state index is 0.0350. The molecule has 0 fully saturated rings. The Hall–Kier alpha value is -2.38. The maximum absolute atomic E-state index is 11.7. The second-order valence-corrected chi connectivity index (χ2v) is 6.19. The lowest BCUT2D eigenvalue weighted by Gasteiger charge is -2.22. The lowest BCUT2D eigenvalue weighted by molar-refractivity contribution is -0.140. The Morgan fingerprint density at radius 2 is 1.96 bits per heavy atom. The van der Waals surface area contributed by atoms with Gasteiger partial charge in [0.05, 0.1) is 5.92 Å². The minimum Gasteiger partial charge on any atom is -0.480 e. The van der Waals surface area contributed by atoms with Crippen LogP contribution in [0.5, 0.6) is 0 Å². The van der Waals surface area contributed by atoms with Crippen molar-refractivity contribution in [1.82, 2.24) is 15.8 Å². The molecule has 0 bridgehead atoms. The first-order valence-corrected chi connectivity index (χ1v) is 7.89. The lowest BCUT2D eigenvalue weighted by Crippen LogP contribution is -2.45. The van der Waals surface area contributed by atoms with Crippen molar-refractivity contribution in [3.05, 3.63) is 36.0 Å². The summed E-state index contributed by atoms with van der Waals surface area (Å²) >= 11 is 0. The molecular formula is C17H23N3O4. The van der Waals surface area contributed by atoms with Gasteiger partial charge in [-0.3, -0.25) is 14.8 Å². The number of carboxylic acid groups (broad SMARTS) is 1. The molecule has 0 spiro atoms. The van der Waals surface area contributed by atoms with E-state index in [4.69, 9.17) is 5.21 Å². The highest BCUT2D eigenvalue weighted by molar-refractivity contribution is 5.84. The molecule has 7 nitrogen and oxygen atoms in total. The summed E-state index contributed by atoms with van der Waals surface area (Å²) in [6.45, 7) is 3.86. The molecule has 0 aliphatic heterocycles. The number of rotatable bonds is 8. The van der Waals surface area contributed by atoms with Gasteiger partial charge < -0.3 is 15.4 Å². The molecule has 5 N–H and O–H groups in total. The largest absolute Gasteiger partial charge is 0.480 e. The van der Waals surface area contributed by atoms with Crippen LogP contribution < -0.4 is 10.8 Å². The van der Waals surface area contributed by atoms with Gasteiger partial charge in [0, 0.05) is 30.1 Å². The predicted molar refractivity (Wildman–Crippen MR) is 89.7 cm³/mol. The van der Waals surface area contributed by atoms with E-state index in [1.807, 2.05) is 44.3 Å². The average molecular weight is 333 g/mol. The molecular weight excluding hydrogens is 310 g/mol. The number of aromatic nitrogens is 1. The van der Waals surface area contributed by atoms with E-state index >= 15 is 0 Å².